The molecule has 3 aromatic rings. The van der Waals surface area contributed by atoms with Gasteiger partial charge in [-0.3, -0.25) is 14.2 Å². The van der Waals surface area contributed by atoms with E-state index in [2.05, 4.69) is 14.8 Å². The molecular formula is C22H23N3O5S2. The van der Waals surface area contributed by atoms with Gasteiger partial charge in [0.05, 0.1) is 16.8 Å². The second kappa shape index (κ2) is 9.01. The molecule has 0 aliphatic heterocycles. The Balaban J connectivity index is 1.75. The van der Waals surface area contributed by atoms with E-state index >= 15 is 0 Å². The summed E-state index contributed by atoms with van der Waals surface area (Å²) in [4.78, 5) is 12.7. The predicted molar refractivity (Wildman–Crippen MR) is 126 cm³/mol. The van der Waals surface area contributed by atoms with Gasteiger partial charge in [0, 0.05) is 16.9 Å². The van der Waals surface area contributed by atoms with Crippen LogP contribution >= 0.6 is 0 Å². The molecule has 0 heterocycles. The number of benzene rings is 3. The number of rotatable bonds is 7. The normalized spacial score (nSPS) is 11.6. The van der Waals surface area contributed by atoms with Gasteiger partial charge in [0.15, 0.2) is 0 Å². The number of nitrogens with one attached hydrogen (secondary N) is 3. The highest BCUT2D eigenvalue weighted by Gasteiger charge is 2.16. The van der Waals surface area contributed by atoms with Gasteiger partial charge in [0.25, 0.3) is 15.9 Å². The largest absolute Gasteiger partial charge is 0.322 e. The van der Waals surface area contributed by atoms with Gasteiger partial charge in [-0.05, 0) is 67.9 Å². The molecule has 0 aliphatic rings. The Morgan fingerprint density at radius 3 is 1.94 bits per heavy atom. The molecule has 0 spiro atoms. The van der Waals surface area contributed by atoms with E-state index in [0.717, 1.165) is 11.8 Å². The lowest BCUT2D eigenvalue weighted by Gasteiger charge is -2.13. The van der Waals surface area contributed by atoms with Crippen LogP contribution in [0, 0.1) is 13.8 Å². The number of sulfonamides is 2. The minimum Gasteiger partial charge on any atom is -0.322 e. The van der Waals surface area contributed by atoms with Crippen molar-refractivity contribution in [1.29, 1.82) is 0 Å². The van der Waals surface area contributed by atoms with Crippen LogP contribution in [0.2, 0.25) is 0 Å². The van der Waals surface area contributed by atoms with E-state index in [9.17, 15) is 21.6 Å². The molecule has 1 amide bonds. The number of amides is 1. The smallest absolute Gasteiger partial charge is 0.261 e. The molecule has 32 heavy (non-hydrogen) atoms. The third kappa shape index (κ3) is 5.86. The fraction of sp³-hybridized carbons (Fsp3) is 0.136. The van der Waals surface area contributed by atoms with Crippen molar-refractivity contribution >= 4 is 43.0 Å². The van der Waals surface area contributed by atoms with Crippen molar-refractivity contribution in [3.63, 3.8) is 0 Å². The Kier molecular flexibility index (Phi) is 6.56. The maximum absolute atomic E-state index is 12.7. The van der Waals surface area contributed by atoms with Crippen molar-refractivity contribution in [2.24, 2.45) is 0 Å². The van der Waals surface area contributed by atoms with E-state index in [1.807, 2.05) is 6.92 Å². The Morgan fingerprint density at radius 2 is 1.34 bits per heavy atom. The quantitative estimate of drug-likeness (QED) is 0.483. The molecule has 0 unspecified atom stereocenters. The van der Waals surface area contributed by atoms with Crippen LogP contribution < -0.4 is 14.8 Å². The van der Waals surface area contributed by atoms with Crippen molar-refractivity contribution in [1.82, 2.24) is 0 Å². The minimum absolute atomic E-state index is 0.0478. The average molecular weight is 474 g/mol. The third-order valence-electron chi connectivity index (χ3n) is 4.60. The molecule has 0 saturated carbocycles. The highest BCUT2D eigenvalue weighted by atomic mass is 32.2. The summed E-state index contributed by atoms with van der Waals surface area (Å²) in [6.45, 7) is 3.54. The molecule has 3 N–H and O–H groups in total. The first-order chi connectivity index (χ1) is 14.9. The zero-order valence-corrected chi connectivity index (χ0v) is 19.3. The predicted octanol–water partition coefficient (Wildman–Crippen LogP) is 3.73. The molecule has 3 rings (SSSR count). The van der Waals surface area contributed by atoms with Gasteiger partial charge in [0.2, 0.25) is 10.0 Å². The fourth-order valence-electron chi connectivity index (χ4n) is 2.94. The molecule has 0 bridgehead atoms. The van der Waals surface area contributed by atoms with E-state index in [1.54, 1.807) is 49.4 Å². The first-order valence-corrected chi connectivity index (χ1v) is 12.9. The van der Waals surface area contributed by atoms with Crippen LogP contribution in [0.5, 0.6) is 0 Å². The third-order valence-corrected chi connectivity index (χ3v) is 6.59. The van der Waals surface area contributed by atoms with Gasteiger partial charge in [-0.2, -0.15) is 0 Å². The summed E-state index contributed by atoms with van der Waals surface area (Å²) in [6, 6.07) is 17.4. The Bertz CT molecular complexity index is 1350. The molecule has 0 radical (unpaired) electrons. The summed E-state index contributed by atoms with van der Waals surface area (Å²) in [6.07, 6.45) is 1.03. The first-order valence-electron chi connectivity index (χ1n) is 9.53. The molecule has 168 valence electrons. The van der Waals surface area contributed by atoms with Crippen LogP contribution in [0.15, 0.2) is 71.6 Å². The highest BCUT2D eigenvalue weighted by Crippen LogP contribution is 2.22. The summed E-state index contributed by atoms with van der Waals surface area (Å²) in [5, 5.41) is 2.69. The van der Waals surface area contributed by atoms with Crippen LogP contribution in [-0.4, -0.2) is 29.0 Å². The maximum Gasteiger partial charge on any atom is 0.261 e. The van der Waals surface area contributed by atoms with Crippen LogP contribution in [0.3, 0.4) is 0 Å². The molecule has 0 atom stereocenters. The number of carbonyl (C=O) groups excluding carboxylic acids is 1. The van der Waals surface area contributed by atoms with E-state index < -0.39 is 26.0 Å². The van der Waals surface area contributed by atoms with Crippen molar-refractivity contribution in [2.45, 2.75) is 18.7 Å². The lowest BCUT2D eigenvalue weighted by molar-refractivity contribution is 0.102. The van der Waals surface area contributed by atoms with E-state index in [0.29, 0.717) is 22.6 Å². The highest BCUT2D eigenvalue weighted by molar-refractivity contribution is 7.92. The molecule has 8 nitrogen and oxygen atoms in total. The zero-order valence-electron chi connectivity index (χ0n) is 17.7. The van der Waals surface area contributed by atoms with Crippen LogP contribution in [0.25, 0.3) is 0 Å². The lowest BCUT2D eigenvalue weighted by atomic mass is 10.1. The van der Waals surface area contributed by atoms with Gasteiger partial charge in [-0.1, -0.05) is 23.8 Å². The molecule has 0 aliphatic carbocycles. The lowest BCUT2D eigenvalue weighted by Crippen LogP contribution is -2.16. The van der Waals surface area contributed by atoms with E-state index in [1.165, 1.54) is 24.3 Å². The summed E-state index contributed by atoms with van der Waals surface area (Å²) in [7, 11) is -7.27. The van der Waals surface area contributed by atoms with Crippen molar-refractivity contribution in [3.05, 3.63) is 83.4 Å². The van der Waals surface area contributed by atoms with Crippen molar-refractivity contribution in [3.8, 4) is 0 Å². The van der Waals surface area contributed by atoms with Crippen LogP contribution in [0.1, 0.15) is 21.5 Å². The van der Waals surface area contributed by atoms with Gasteiger partial charge in [-0.25, -0.2) is 16.8 Å². The van der Waals surface area contributed by atoms with Gasteiger partial charge in [-0.15, -0.1) is 0 Å². The summed E-state index contributed by atoms with van der Waals surface area (Å²) in [5.41, 5.74) is 2.93. The molecule has 10 heteroatoms. The number of carbonyl (C=O) groups is 1. The number of anilines is 3. The summed E-state index contributed by atoms with van der Waals surface area (Å²) >= 11 is 0. The molecule has 3 aromatic carbocycles. The van der Waals surface area contributed by atoms with Gasteiger partial charge < -0.3 is 5.32 Å². The number of hydrogen-bond acceptors (Lipinski definition) is 5. The van der Waals surface area contributed by atoms with Crippen molar-refractivity contribution in [2.75, 3.05) is 21.0 Å². The second-order valence-electron chi connectivity index (χ2n) is 7.30. The fourth-order valence-corrected chi connectivity index (χ4v) is 4.62. The van der Waals surface area contributed by atoms with Crippen LogP contribution in [-0.2, 0) is 20.0 Å². The second-order valence-corrected chi connectivity index (χ2v) is 10.7. The first kappa shape index (κ1) is 23.3. The number of aryl methyl sites for hydroxylation is 1. The van der Waals surface area contributed by atoms with Gasteiger partial charge in [0.1, 0.15) is 0 Å². The zero-order chi connectivity index (χ0) is 23.5. The van der Waals surface area contributed by atoms with Crippen LogP contribution in [0.4, 0.5) is 17.1 Å². The molecule has 0 aromatic heterocycles. The Morgan fingerprint density at radius 1 is 0.750 bits per heavy atom. The molecular weight excluding hydrogens is 450 g/mol. The minimum atomic E-state index is -3.78. The van der Waals surface area contributed by atoms with E-state index in [-0.39, 0.29) is 10.5 Å². The van der Waals surface area contributed by atoms with Gasteiger partial charge >= 0.3 is 0 Å². The topological polar surface area (TPSA) is 121 Å². The standard InChI is InChI=1S/C22H23N3O5S2/c1-15-7-9-18(10-8-15)24-32(29,30)19-13-11-17(12-14-19)23-22(26)20-5-4-6-21(16(20)2)25-31(3,27)28/h4-14,24-25H,1-3H3,(H,23,26). The maximum atomic E-state index is 12.7. The summed E-state index contributed by atoms with van der Waals surface area (Å²) in [5.74, 6) is -0.451. The molecule has 0 saturated heterocycles. The SMILES string of the molecule is Cc1ccc(NS(=O)(=O)c2ccc(NC(=O)c3cccc(NS(C)(=O)=O)c3C)cc2)cc1. The summed E-state index contributed by atoms with van der Waals surface area (Å²) < 4.78 is 53.1. The number of hydrogen-bond donors (Lipinski definition) is 3. The Labute approximate surface area is 187 Å². The average Bonchev–Trinajstić information content (AvgIpc) is 2.70. The van der Waals surface area contributed by atoms with E-state index in [4.69, 9.17) is 0 Å². The monoisotopic (exact) mass is 473 g/mol. The Hall–Kier alpha value is -3.37. The molecule has 0 fully saturated rings. The van der Waals surface area contributed by atoms with Crippen molar-refractivity contribution < 1.29 is 21.6 Å².